The van der Waals surface area contributed by atoms with E-state index in [0.717, 1.165) is 22.3 Å². The highest BCUT2D eigenvalue weighted by atomic mass is 19.1. The van der Waals surface area contributed by atoms with Crippen molar-refractivity contribution < 1.29 is 13.9 Å². The first-order chi connectivity index (χ1) is 16.5. The van der Waals surface area contributed by atoms with Gasteiger partial charge in [-0.1, -0.05) is 29.5 Å². The number of benzene rings is 2. The van der Waals surface area contributed by atoms with Gasteiger partial charge >= 0.3 is 0 Å². The normalized spacial score (nSPS) is 19.3. The Morgan fingerprint density at radius 2 is 2.03 bits per heavy atom. The van der Waals surface area contributed by atoms with E-state index in [2.05, 4.69) is 20.5 Å². The lowest BCUT2D eigenvalue weighted by Crippen LogP contribution is -2.32. The van der Waals surface area contributed by atoms with E-state index in [4.69, 9.17) is 4.74 Å². The molecule has 10 heteroatoms. The Labute approximate surface area is 193 Å². The van der Waals surface area contributed by atoms with E-state index < -0.39 is 11.7 Å². The number of likely N-dealkylation sites (tertiary alicyclic amines) is 1. The van der Waals surface area contributed by atoms with E-state index in [0.29, 0.717) is 37.2 Å². The lowest BCUT2D eigenvalue weighted by Gasteiger charge is -2.25. The maximum atomic E-state index is 14.8. The van der Waals surface area contributed by atoms with Gasteiger partial charge in [-0.15, -0.1) is 5.10 Å². The highest BCUT2D eigenvalue weighted by Crippen LogP contribution is 2.32. The molecule has 2 aromatic carbocycles. The van der Waals surface area contributed by atoms with Crippen LogP contribution in [-0.4, -0.2) is 55.2 Å². The average molecular weight is 460 g/mol. The molecule has 2 aliphatic heterocycles. The summed E-state index contributed by atoms with van der Waals surface area (Å²) in [5, 5.41) is 16.3. The first-order valence-electron chi connectivity index (χ1n) is 11.1. The largest absolute Gasteiger partial charge is 0.368 e. The number of carbonyl (C=O) groups is 1. The van der Waals surface area contributed by atoms with Gasteiger partial charge in [-0.3, -0.25) is 9.59 Å². The number of hydrogen-bond acceptors (Lipinski definition) is 6. The Bertz CT molecular complexity index is 1500. The number of fused-ring (bicyclic) bond motifs is 4. The molecule has 2 aromatic heterocycles. The van der Waals surface area contributed by atoms with Crippen LogP contribution in [0.4, 0.5) is 4.39 Å². The first-order valence-corrected chi connectivity index (χ1v) is 11.1. The Morgan fingerprint density at radius 3 is 2.88 bits per heavy atom. The molecule has 1 amide bonds. The van der Waals surface area contributed by atoms with E-state index in [1.54, 1.807) is 29.2 Å². The highest BCUT2D eigenvalue weighted by Gasteiger charge is 2.42. The molecule has 6 rings (SSSR count). The average Bonchev–Trinajstić information content (AvgIpc) is 3.45. The summed E-state index contributed by atoms with van der Waals surface area (Å²) in [4.78, 5) is 27.0. The molecular weight excluding hydrogens is 439 g/mol. The second kappa shape index (κ2) is 7.84. The molecule has 0 radical (unpaired) electrons. The maximum Gasteiger partial charge on any atom is 0.272 e. The fourth-order valence-electron chi connectivity index (χ4n) is 4.85. The summed E-state index contributed by atoms with van der Waals surface area (Å²) in [6.45, 7) is 3.00. The fraction of sp³-hybridized carbons (Fsp3) is 0.292. The van der Waals surface area contributed by atoms with E-state index >= 15 is 0 Å². The quantitative estimate of drug-likeness (QED) is 0.502. The third-order valence-corrected chi connectivity index (χ3v) is 6.67. The molecule has 1 fully saturated rings. The second-order valence-corrected chi connectivity index (χ2v) is 8.73. The Hall–Kier alpha value is -3.92. The number of ether oxygens (including phenoxy) is 1. The lowest BCUT2D eigenvalue weighted by atomic mass is 10.0. The summed E-state index contributed by atoms with van der Waals surface area (Å²) >= 11 is 0. The number of halogens is 1. The Balaban J connectivity index is 1.28. The molecule has 0 saturated carbocycles. The summed E-state index contributed by atoms with van der Waals surface area (Å²) in [6, 6.07) is 11.5. The van der Waals surface area contributed by atoms with Crippen LogP contribution in [-0.2, 0) is 17.8 Å². The van der Waals surface area contributed by atoms with Gasteiger partial charge in [0, 0.05) is 24.9 Å². The minimum atomic E-state index is -0.582. The van der Waals surface area contributed by atoms with Crippen molar-refractivity contribution in [3.05, 3.63) is 86.8 Å². The van der Waals surface area contributed by atoms with Crippen molar-refractivity contribution in [3.63, 3.8) is 0 Å². The van der Waals surface area contributed by atoms with E-state index in [9.17, 15) is 14.0 Å². The number of aromatic amines is 1. The van der Waals surface area contributed by atoms with E-state index in [1.165, 1.54) is 6.07 Å². The van der Waals surface area contributed by atoms with Crippen molar-refractivity contribution in [1.29, 1.82) is 0 Å². The van der Waals surface area contributed by atoms with Crippen LogP contribution in [0.5, 0.6) is 0 Å². The summed E-state index contributed by atoms with van der Waals surface area (Å²) in [5.41, 5.74) is 2.82. The number of carbonyl (C=O) groups excluding carboxylic acids is 1. The zero-order valence-corrected chi connectivity index (χ0v) is 18.4. The number of H-pyrrole nitrogens is 1. The topological polar surface area (TPSA) is 106 Å². The maximum absolute atomic E-state index is 14.8. The summed E-state index contributed by atoms with van der Waals surface area (Å²) < 4.78 is 22.5. The zero-order chi connectivity index (χ0) is 23.4. The molecule has 0 aliphatic carbocycles. The third kappa shape index (κ3) is 3.29. The Morgan fingerprint density at radius 1 is 1.21 bits per heavy atom. The van der Waals surface area contributed by atoms with Crippen LogP contribution >= 0.6 is 0 Å². The van der Waals surface area contributed by atoms with Crippen LogP contribution in [0.1, 0.15) is 39.0 Å². The van der Waals surface area contributed by atoms with Crippen molar-refractivity contribution in [3.8, 4) is 0 Å². The van der Waals surface area contributed by atoms with Crippen molar-refractivity contribution in [2.45, 2.75) is 32.1 Å². The van der Waals surface area contributed by atoms with Gasteiger partial charge in [0.15, 0.2) is 0 Å². The monoisotopic (exact) mass is 460 g/mol. The van der Waals surface area contributed by atoms with Crippen LogP contribution in [0.2, 0.25) is 0 Å². The number of rotatable bonds is 3. The number of nitrogens with zero attached hydrogens (tertiary/aromatic N) is 5. The fourth-order valence-corrected chi connectivity index (χ4v) is 4.85. The molecule has 1 saturated heterocycles. The van der Waals surface area contributed by atoms with Crippen molar-refractivity contribution >= 4 is 16.7 Å². The van der Waals surface area contributed by atoms with E-state index in [-0.39, 0.29) is 23.3 Å². The van der Waals surface area contributed by atoms with Crippen LogP contribution in [0.15, 0.2) is 47.3 Å². The van der Waals surface area contributed by atoms with Crippen molar-refractivity contribution in [2.24, 2.45) is 0 Å². The van der Waals surface area contributed by atoms with Crippen molar-refractivity contribution in [1.82, 2.24) is 30.1 Å². The number of amides is 1. The number of aryl methyl sites for hydroxylation is 1. The number of nitrogens with one attached hydrogen (secondary N) is 1. The van der Waals surface area contributed by atoms with Gasteiger partial charge in [-0.2, -0.15) is 5.10 Å². The Kier molecular flexibility index (Phi) is 4.77. The van der Waals surface area contributed by atoms with Gasteiger partial charge in [-0.05, 0) is 30.7 Å². The molecule has 172 valence electrons. The molecular formula is C24H21FN6O3. The minimum Gasteiger partial charge on any atom is -0.368 e. The molecule has 0 bridgehead atoms. The predicted octanol–water partition coefficient (Wildman–Crippen LogP) is 2.15. The SMILES string of the molecule is Cc1nnn2c1COC1CN(C(=O)c3cc(Cc4n[nH]c(=O)c5ccccc45)ccc3F)CC12. The lowest BCUT2D eigenvalue weighted by molar-refractivity contribution is -0.00518. The molecule has 1 N–H and O–H groups in total. The van der Waals surface area contributed by atoms with Crippen LogP contribution < -0.4 is 5.56 Å². The van der Waals surface area contributed by atoms with Gasteiger partial charge in [0.1, 0.15) is 5.82 Å². The summed E-state index contributed by atoms with van der Waals surface area (Å²) in [7, 11) is 0. The molecule has 4 heterocycles. The van der Waals surface area contributed by atoms with Gasteiger partial charge in [0.2, 0.25) is 0 Å². The summed E-state index contributed by atoms with van der Waals surface area (Å²) in [6.07, 6.45) is 0.133. The standard InChI is InChI=1S/C24H21FN6O3/c1-13-21-12-34-22-11-30(10-20(22)31(21)29-26-13)24(33)17-8-14(6-7-18(17)25)9-19-15-4-2-3-5-16(15)23(32)28-27-19/h2-8,20,22H,9-12H2,1H3,(H,28,32). The van der Waals surface area contributed by atoms with E-state index in [1.807, 2.05) is 23.7 Å². The summed E-state index contributed by atoms with van der Waals surface area (Å²) in [5.74, 6) is -0.976. The van der Waals surface area contributed by atoms with Crippen LogP contribution in [0, 0.1) is 12.7 Å². The van der Waals surface area contributed by atoms with Gasteiger partial charge in [-0.25, -0.2) is 14.2 Å². The zero-order valence-electron chi connectivity index (χ0n) is 18.4. The van der Waals surface area contributed by atoms with Gasteiger partial charge < -0.3 is 9.64 Å². The van der Waals surface area contributed by atoms with Crippen molar-refractivity contribution in [2.75, 3.05) is 13.1 Å². The molecule has 0 spiro atoms. The molecule has 2 unspecified atom stereocenters. The molecule has 2 aliphatic rings. The minimum absolute atomic E-state index is 0.000119. The molecule has 4 aromatic rings. The number of aromatic nitrogens is 5. The molecule has 2 atom stereocenters. The van der Waals surface area contributed by atoms with Crippen LogP contribution in [0.3, 0.4) is 0 Å². The second-order valence-electron chi connectivity index (χ2n) is 8.73. The van der Waals surface area contributed by atoms with Gasteiger partial charge in [0.05, 0.1) is 46.8 Å². The predicted molar refractivity (Wildman–Crippen MR) is 120 cm³/mol. The van der Waals surface area contributed by atoms with Gasteiger partial charge in [0.25, 0.3) is 11.5 Å². The van der Waals surface area contributed by atoms with Crippen LogP contribution in [0.25, 0.3) is 10.8 Å². The third-order valence-electron chi connectivity index (χ3n) is 6.67. The molecule has 9 nitrogen and oxygen atoms in total. The first kappa shape index (κ1) is 20.7. The smallest absolute Gasteiger partial charge is 0.272 e. The highest BCUT2D eigenvalue weighted by molar-refractivity contribution is 5.95. The number of hydrogen-bond donors (Lipinski definition) is 1. The molecule has 34 heavy (non-hydrogen) atoms.